The third-order valence-corrected chi connectivity index (χ3v) is 3.31. The molecule has 0 aliphatic carbocycles. The quantitative estimate of drug-likeness (QED) is 0.322. The van der Waals surface area contributed by atoms with Gasteiger partial charge in [0.25, 0.3) is 0 Å². The molecule has 154 valence electrons. The van der Waals surface area contributed by atoms with Gasteiger partial charge >= 0.3 is 17.9 Å². The minimum absolute atomic E-state index is 0. The Morgan fingerprint density at radius 3 is 1.64 bits per heavy atom. The fourth-order valence-corrected chi connectivity index (χ4v) is 2.26. The molecule has 1 unspecified atom stereocenters. The molecular weight excluding hydrogens is 381 g/mol. The van der Waals surface area contributed by atoms with Crippen LogP contribution in [0.2, 0.25) is 0 Å². The van der Waals surface area contributed by atoms with Crippen molar-refractivity contribution in [2.24, 2.45) is 5.41 Å². The maximum absolute atomic E-state index is 11.3. The normalized spacial score (nSPS) is 11.5. The Morgan fingerprint density at radius 1 is 0.880 bits per heavy atom. The van der Waals surface area contributed by atoms with Gasteiger partial charge in [0.15, 0.2) is 0 Å². The van der Waals surface area contributed by atoms with Crippen LogP contribution in [0.3, 0.4) is 0 Å². The number of carboxylic acid groups (broad SMARTS) is 3. The van der Waals surface area contributed by atoms with Gasteiger partial charge in [-0.3, -0.25) is 19.3 Å². The van der Waals surface area contributed by atoms with Gasteiger partial charge in [0.1, 0.15) is 6.04 Å². The van der Waals surface area contributed by atoms with Crippen LogP contribution in [0.15, 0.2) is 0 Å². The van der Waals surface area contributed by atoms with E-state index in [2.05, 4.69) is 20.8 Å². The molecule has 0 amide bonds. The van der Waals surface area contributed by atoms with Crippen LogP contribution in [0.5, 0.6) is 0 Å². The van der Waals surface area contributed by atoms with E-state index >= 15 is 0 Å². The third kappa shape index (κ3) is 17.4. The summed E-state index contributed by atoms with van der Waals surface area (Å²) in [6, 6.07) is -1.08. The topological polar surface area (TPSA) is 178 Å². The first kappa shape index (κ1) is 31.5. The molecule has 0 aliphatic heterocycles. The van der Waals surface area contributed by atoms with Gasteiger partial charge in [-0.2, -0.15) is 0 Å². The molecule has 9 nitrogen and oxygen atoms in total. The maximum Gasteiger partial charge on any atom is 0.320 e. The van der Waals surface area contributed by atoms with Gasteiger partial charge in [-0.05, 0) is 18.3 Å². The molecule has 7 N–H and O–H groups in total. The number of rotatable bonds is 11. The van der Waals surface area contributed by atoms with Crippen molar-refractivity contribution in [3.63, 3.8) is 0 Å². The Labute approximate surface area is 157 Å². The van der Waals surface area contributed by atoms with Gasteiger partial charge in [-0.25, -0.2) is 0 Å². The van der Waals surface area contributed by atoms with Crippen molar-refractivity contribution in [1.82, 2.24) is 4.90 Å². The smallest absolute Gasteiger partial charge is 0.320 e. The number of carbonyl (C=O) groups is 3. The zero-order valence-corrected chi connectivity index (χ0v) is 15.8. The molecule has 0 aromatic heterocycles. The molecule has 0 aromatic carbocycles. The zero-order valence-electron chi connectivity index (χ0n) is 14.9. The predicted molar refractivity (Wildman–Crippen MR) is 88.0 cm³/mol. The molecule has 0 aromatic rings. The van der Waals surface area contributed by atoms with E-state index < -0.39 is 37.0 Å². The summed E-state index contributed by atoms with van der Waals surface area (Å²) in [5.74, 6) is -3.65. The Kier molecular flexibility index (Phi) is 19.0. The van der Waals surface area contributed by atoms with Crippen molar-refractivity contribution >= 4 is 17.9 Å². The fraction of sp³-hybridized carbons (Fsp3) is 0.800. The average molecular weight is 412 g/mol. The Balaban J connectivity index is -0.000000735. The van der Waals surface area contributed by atoms with Gasteiger partial charge in [-0.15, -0.1) is 0 Å². The largest absolute Gasteiger partial charge is 0.480 e. The van der Waals surface area contributed by atoms with E-state index in [1.807, 2.05) is 0 Å². The van der Waals surface area contributed by atoms with E-state index in [4.69, 9.17) is 10.2 Å². The molecule has 0 bridgehead atoms. The summed E-state index contributed by atoms with van der Waals surface area (Å²) in [5.41, 5.74) is 0.227. The molecule has 0 saturated heterocycles. The second-order valence-electron chi connectivity index (χ2n) is 6.71. The second-order valence-corrected chi connectivity index (χ2v) is 6.71. The summed E-state index contributed by atoms with van der Waals surface area (Å²) in [6.07, 6.45) is 3.71. The van der Waals surface area contributed by atoms with Crippen LogP contribution in [0.4, 0.5) is 0 Å². The van der Waals surface area contributed by atoms with E-state index in [1.54, 1.807) is 0 Å². The molecule has 0 heterocycles. The van der Waals surface area contributed by atoms with Crippen molar-refractivity contribution in [2.75, 3.05) is 13.1 Å². The van der Waals surface area contributed by atoms with Crippen LogP contribution >= 0.6 is 0 Å². The third-order valence-electron chi connectivity index (χ3n) is 3.31. The van der Waals surface area contributed by atoms with Crippen LogP contribution in [-0.2, 0) is 30.9 Å². The van der Waals surface area contributed by atoms with E-state index in [0.717, 1.165) is 24.2 Å². The number of hydrogen-bond donors (Lipinski definition) is 3. The monoisotopic (exact) mass is 411 g/mol. The molecule has 0 fully saturated rings. The molecule has 0 saturated carbocycles. The number of nitrogens with zero attached hydrogens (tertiary/aromatic N) is 1. The molecule has 0 rings (SSSR count). The van der Waals surface area contributed by atoms with Crippen molar-refractivity contribution in [3.8, 4) is 0 Å². The molecule has 0 spiro atoms. The van der Waals surface area contributed by atoms with E-state index in [0.29, 0.717) is 6.42 Å². The molecule has 10 heteroatoms. The number of hydrogen-bond acceptors (Lipinski definition) is 4. The van der Waals surface area contributed by atoms with Crippen LogP contribution in [0.1, 0.15) is 52.9 Å². The average Bonchev–Trinajstić information content (AvgIpc) is 2.29. The number of unbranched alkanes of at least 4 members (excludes halogenated alkanes) is 2. The number of aliphatic carboxylic acids is 3. The standard InChI is InChI=1S/C15H27NO6.Ni.2H2O/c1-15(2,3)8-6-4-5-7-11(14(21)22)16(9-12(17)18)10-13(19)20;;;/h11H,4-10H2,1-3H3,(H,17,18)(H,19,20)(H,21,22);;2*1H2. The van der Waals surface area contributed by atoms with Crippen molar-refractivity contribution in [3.05, 3.63) is 0 Å². The Bertz CT molecular complexity index is 381. The molecular formula is C15H31NNiO8. The van der Waals surface area contributed by atoms with Crippen LogP contribution in [-0.4, -0.2) is 68.2 Å². The molecule has 1 atom stereocenters. The zero-order chi connectivity index (χ0) is 17.3. The fourth-order valence-electron chi connectivity index (χ4n) is 2.26. The minimum Gasteiger partial charge on any atom is -0.480 e. The van der Waals surface area contributed by atoms with Crippen molar-refractivity contribution in [1.29, 1.82) is 0 Å². The van der Waals surface area contributed by atoms with Crippen LogP contribution in [0.25, 0.3) is 0 Å². The van der Waals surface area contributed by atoms with Crippen molar-refractivity contribution < 1.29 is 57.1 Å². The van der Waals surface area contributed by atoms with E-state index in [1.165, 1.54) is 0 Å². The van der Waals surface area contributed by atoms with Gasteiger partial charge < -0.3 is 26.3 Å². The molecule has 0 radical (unpaired) electrons. The first-order chi connectivity index (χ1) is 10.0. The van der Waals surface area contributed by atoms with E-state index in [-0.39, 0.29) is 39.3 Å². The first-order valence-electron chi connectivity index (χ1n) is 7.43. The van der Waals surface area contributed by atoms with Gasteiger partial charge in [-0.1, -0.05) is 40.0 Å². The summed E-state index contributed by atoms with van der Waals surface area (Å²) < 4.78 is 0. The SMILES string of the molecule is CC(C)(C)CCCCCC(C(=O)O)N(CC(=O)O)CC(=O)O.O.O.[Ni]. The second kappa shape index (κ2) is 15.1. The van der Waals surface area contributed by atoms with E-state index in [9.17, 15) is 19.5 Å². The van der Waals surface area contributed by atoms with Gasteiger partial charge in [0, 0.05) is 16.5 Å². The summed E-state index contributed by atoms with van der Waals surface area (Å²) in [7, 11) is 0. The Morgan fingerprint density at radius 2 is 1.32 bits per heavy atom. The summed E-state index contributed by atoms with van der Waals surface area (Å²) in [6.45, 7) is 5.22. The van der Waals surface area contributed by atoms with Crippen molar-refractivity contribution in [2.45, 2.75) is 58.9 Å². The van der Waals surface area contributed by atoms with Gasteiger partial charge in [0.05, 0.1) is 13.1 Å². The van der Waals surface area contributed by atoms with Gasteiger partial charge in [0.2, 0.25) is 0 Å². The van der Waals surface area contributed by atoms with Crippen LogP contribution < -0.4 is 0 Å². The minimum atomic E-state index is -1.24. The molecule has 25 heavy (non-hydrogen) atoms. The van der Waals surface area contributed by atoms with Crippen LogP contribution in [0, 0.1) is 5.41 Å². The summed E-state index contributed by atoms with van der Waals surface area (Å²) in [5, 5.41) is 26.8. The maximum atomic E-state index is 11.3. The first-order valence-corrected chi connectivity index (χ1v) is 7.43. The Hall–Kier alpha value is -1.22. The number of carboxylic acids is 3. The summed E-state index contributed by atoms with van der Waals surface area (Å²) >= 11 is 0. The predicted octanol–water partition coefficient (Wildman–Crippen LogP) is 0.256. The summed E-state index contributed by atoms with van der Waals surface area (Å²) in [4.78, 5) is 33.8. The molecule has 0 aliphatic rings.